The normalized spacial score (nSPS) is 16.8. The van der Waals surface area contributed by atoms with Crippen molar-refractivity contribution in [1.82, 2.24) is 4.98 Å². The summed E-state index contributed by atoms with van der Waals surface area (Å²) in [6, 6.07) is 29.8. The van der Waals surface area contributed by atoms with Gasteiger partial charge in [0.15, 0.2) is 0 Å². The van der Waals surface area contributed by atoms with Gasteiger partial charge in [-0.25, -0.2) is 0 Å². The molecule has 0 fully saturated rings. The van der Waals surface area contributed by atoms with Gasteiger partial charge in [0.1, 0.15) is 0 Å². The third-order valence-electron chi connectivity index (χ3n) is 6.44. The van der Waals surface area contributed by atoms with E-state index in [1.807, 2.05) is 12.1 Å². The molecular weight excluding hydrogens is 457 g/mol. The van der Waals surface area contributed by atoms with Crippen LogP contribution < -0.4 is 2.81 Å². The second-order valence-corrected chi connectivity index (χ2v) is 10.3. The molecule has 0 saturated heterocycles. The van der Waals surface area contributed by atoms with Crippen molar-refractivity contribution in [2.24, 2.45) is 5.92 Å². The molecule has 3 aromatic carbocycles. The first-order chi connectivity index (χ1) is 17.5. The van der Waals surface area contributed by atoms with E-state index in [0.29, 0.717) is 11.8 Å². The molecule has 1 heterocycles. The van der Waals surface area contributed by atoms with Gasteiger partial charge in [0.05, 0.1) is 0 Å². The number of aliphatic carboxylic acids is 1. The second-order valence-electron chi connectivity index (χ2n) is 9.18. The SMILES string of the molecule is CCC(=O)O.[Na][c]1cccc(CC2C=CCCC2c2nc(-c3ccccc3)c(-c3ccccc3)o2)c1. The van der Waals surface area contributed by atoms with Crippen molar-refractivity contribution in [2.75, 3.05) is 0 Å². The van der Waals surface area contributed by atoms with Gasteiger partial charge in [-0.05, 0) is 0 Å². The van der Waals surface area contributed by atoms with Crippen LogP contribution in [0.2, 0.25) is 0 Å². The van der Waals surface area contributed by atoms with Crippen molar-refractivity contribution >= 4 is 36.7 Å². The predicted molar refractivity (Wildman–Crippen MR) is 145 cm³/mol. The Hall–Kier alpha value is -2.92. The minimum absolute atomic E-state index is 0.222. The van der Waals surface area contributed by atoms with Crippen LogP contribution in [0.3, 0.4) is 0 Å². The number of carboxylic acids is 1. The number of rotatable bonds is 6. The molecule has 5 rings (SSSR count). The summed E-state index contributed by atoms with van der Waals surface area (Å²) in [5.74, 6) is 1.70. The first-order valence-corrected chi connectivity index (χ1v) is 13.6. The number of allylic oxidation sites excluding steroid dienone is 2. The molecule has 2 atom stereocenters. The molecule has 2 unspecified atom stereocenters. The summed E-state index contributed by atoms with van der Waals surface area (Å²) in [5, 5.41) is 7.72. The average Bonchev–Trinajstić information content (AvgIpc) is 3.36. The fourth-order valence-electron chi connectivity index (χ4n) is 4.60. The van der Waals surface area contributed by atoms with E-state index in [2.05, 4.69) is 84.9 Å². The Morgan fingerprint density at radius 2 is 1.67 bits per heavy atom. The van der Waals surface area contributed by atoms with E-state index in [0.717, 1.165) is 75.7 Å². The van der Waals surface area contributed by atoms with Crippen LogP contribution in [0.15, 0.2) is 101 Å². The Labute approximate surface area is 230 Å². The van der Waals surface area contributed by atoms with Gasteiger partial charge in [0, 0.05) is 6.42 Å². The number of aromatic nitrogens is 1. The van der Waals surface area contributed by atoms with Crippen molar-refractivity contribution in [3.63, 3.8) is 0 Å². The molecule has 178 valence electrons. The summed E-state index contributed by atoms with van der Waals surface area (Å²) in [6.07, 6.45) is 8.10. The zero-order valence-corrected chi connectivity index (χ0v) is 22.9. The van der Waals surface area contributed by atoms with E-state index in [4.69, 9.17) is 14.5 Å². The second kappa shape index (κ2) is 12.9. The molecule has 0 spiro atoms. The van der Waals surface area contributed by atoms with Crippen molar-refractivity contribution in [2.45, 2.75) is 38.5 Å². The van der Waals surface area contributed by atoms with Gasteiger partial charge in [-0.15, -0.1) is 0 Å². The molecule has 5 heteroatoms. The van der Waals surface area contributed by atoms with Crippen LogP contribution in [0.25, 0.3) is 22.6 Å². The third-order valence-corrected chi connectivity index (χ3v) is 7.07. The van der Waals surface area contributed by atoms with Crippen molar-refractivity contribution in [3.8, 4) is 22.6 Å². The molecule has 1 aliphatic rings. The van der Waals surface area contributed by atoms with Crippen LogP contribution in [0, 0.1) is 5.92 Å². The monoisotopic (exact) mass is 487 g/mol. The maximum absolute atomic E-state index is 9.37. The Bertz CT molecular complexity index is 1240. The topological polar surface area (TPSA) is 63.3 Å². The van der Waals surface area contributed by atoms with E-state index < -0.39 is 5.97 Å². The molecule has 1 aromatic heterocycles. The zero-order chi connectivity index (χ0) is 25.3. The predicted octanol–water partition coefficient (Wildman–Crippen LogP) is 6.58. The Kier molecular flexibility index (Phi) is 9.35. The summed E-state index contributed by atoms with van der Waals surface area (Å²) < 4.78 is 8.00. The van der Waals surface area contributed by atoms with Gasteiger partial charge in [-0.3, -0.25) is 4.79 Å². The zero-order valence-electron chi connectivity index (χ0n) is 20.9. The number of hydrogen-bond donors (Lipinski definition) is 1. The minimum atomic E-state index is -0.745. The Morgan fingerprint density at radius 3 is 2.31 bits per heavy atom. The average molecular weight is 488 g/mol. The quantitative estimate of drug-likeness (QED) is 0.247. The van der Waals surface area contributed by atoms with Crippen LogP contribution in [-0.2, 0) is 11.2 Å². The molecule has 0 radical (unpaired) electrons. The summed E-state index contributed by atoms with van der Waals surface area (Å²) in [5.41, 5.74) is 4.53. The van der Waals surface area contributed by atoms with Gasteiger partial charge in [0.25, 0.3) is 0 Å². The molecule has 1 N–H and O–H groups in total. The Balaban J connectivity index is 0.000000556. The number of carbonyl (C=O) groups is 1. The van der Waals surface area contributed by atoms with Gasteiger partial charge in [-0.2, -0.15) is 0 Å². The first-order valence-electron chi connectivity index (χ1n) is 12.6. The molecule has 1 aliphatic carbocycles. The fourth-order valence-corrected chi connectivity index (χ4v) is 5.16. The third kappa shape index (κ3) is 6.85. The van der Waals surface area contributed by atoms with E-state index >= 15 is 0 Å². The van der Waals surface area contributed by atoms with E-state index in [1.54, 1.807) is 6.92 Å². The van der Waals surface area contributed by atoms with Crippen LogP contribution in [-0.4, -0.2) is 44.0 Å². The van der Waals surface area contributed by atoms with Crippen LogP contribution in [0.4, 0.5) is 0 Å². The molecule has 36 heavy (non-hydrogen) atoms. The van der Waals surface area contributed by atoms with Gasteiger partial charge < -0.3 is 5.11 Å². The van der Waals surface area contributed by atoms with Crippen LogP contribution in [0.1, 0.15) is 43.6 Å². The Morgan fingerprint density at radius 1 is 1.00 bits per heavy atom. The van der Waals surface area contributed by atoms with Gasteiger partial charge in [-0.1, -0.05) is 19.1 Å². The number of hydrogen-bond acceptors (Lipinski definition) is 3. The summed E-state index contributed by atoms with van der Waals surface area (Å²) in [4.78, 5) is 14.5. The van der Waals surface area contributed by atoms with E-state index in [9.17, 15) is 4.79 Å². The molecule has 0 bridgehead atoms. The number of oxazole rings is 1. The number of carboxylic acid groups (broad SMARTS) is 1. The molecule has 0 aliphatic heterocycles. The summed E-state index contributed by atoms with van der Waals surface area (Å²) in [6.45, 7) is 1.60. The fraction of sp³-hybridized carbons (Fsp3) is 0.226. The van der Waals surface area contributed by atoms with Gasteiger partial charge in [0.2, 0.25) is 0 Å². The van der Waals surface area contributed by atoms with Crippen molar-refractivity contribution in [3.05, 3.63) is 109 Å². The molecule has 4 nitrogen and oxygen atoms in total. The van der Waals surface area contributed by atoms with Crippen molar-refractivity contribution < 1.29 is 14.3 Å². The van der Waals surface area contributed by atoms with Gasteiger partial charge >= 0.3 is 196 Å². The number of nitrogens with zero attached hydrogens (tertiary/aromatic N) is 1. The van der Waals surface area contributed by atoms with E-state index in [1.165, 1.54) is 8.38 Å². The molecule has 0 amide bonds. The molecular formula is C31H30NNaO3. The summed E-state index contributed by atoms with van der Waals surface area (Å²) >= 11 is 1.09. The first kappa shape index (κ1) is 26.2. The number of benzene rings is 3. The molecule has 4 aromatic rings. The van der Waals surface area contributed by atoms with Crippen LogP contribution >= 0.6 is 0 Å². The van der Waals surface area contributed by atoms with E-state index in [-0.39, 0.29) is 6.42 Å². The standard InChI is InChI=1S/C28H24NO.C3H6O2.Na/c1-4-12-21(13-5-1)20-24-18-10-11-19-25(24)28-29-26(22-14-6-2-7-15-22)27(30-28)23-16-8-3-9-17-23;1-2-3(4)5;/h1-4,6-10,12-18,24-25H,11,19-20H2;2H2,1H3,(H,4,5);. The maximum atomic E-state index is 9.37. The summed E-state index contributed by atoms with van der Waals surface area (Å²) in [7, 11) is 0. The van der Waals surface area contributed by atoms with Crippen molar-refractivity contribution in [1.29, 1.82) is 0 Å². The van der Waals surface area contributed by atoms with Crippen LogP contribution in [0.5, 0.6) is 0 Å². The molecule has 0 saturated carbocycles.